The van der Waals surface area contributed by atoms with Crippen LogP contribution in [-0.4, -0.2) is 12.5 Å². The van der Waals surface area contributed by atoms with Gasteiger partial charge in [-0.2, -0.15) is 0 Å². The standard InChI is InChI=1S/C22H28ClNO/c1-2-3-4-5-10-21(25)24-15-17-12-14-20(23)19-13-11-16-8-6-7-9-18(16)22(17)19/h6-9,11,13,17,20H,2-5,10,12,14-15H2,1H3,(H,24,25). The Hall–Kier alpha value is -1.54. The average Bonchev–Trinajstić information content (AvgIpc) is 2.64. The summed E-state index contributed by atoms with van der Waals surface area (Å²) >= 11 is 6.59. The Morgan fingerprint density at radius 2 is 1.96 bits per heavy atom. The zero-order chi connectivity index (χ0) is 17.6. The van der Waals surface area contributed by atoms with Gasteiger partial charge in [0.2, 0.25) is 5.91 Å². The fraction of sp³-hybridized carbons (Fsp3) is 0.500. The van der Waals surface area contributed by atoms with Crippen LogP contribution in [0.3, 0.4) is 0 Å². The number of benzene rings is 2. The van der Waals surface area contributed by atoms with Gasteiger partial charge in [0.25, 0.3) is 0 Å². The molecular weight excluding hydrogens is 330 g/mol. The Bertz CT molecular complexity index is 727. The molecule has 0 radical (unpaired) electrons. The maximum Gasteiger partial charge on any atom is 0.220 e. The molecule has 1 N–H and O–H groups in total. The fourth-order valence-corrected chi connectivity index (χ4v) is 4.25. The monoisotopic (exact) mass is 357 g/mol. The number of alkyl halides is 1. The van der Waals surface area contributed by atoms with Gasteiger partial charge in [-0.1, -0.05) is 62.6 Å². The number of hydrogen-bond donors (Lipinski definition) is 1. The predicted molar refractivity (Wildman–Crippen MR) is 106 cm³/mol. The molecule has 25 heavy (non-hydrogen) atoms. The number of unbranched alkanes of at least 4 members (excludes halogenated alkanes) is 3. The second-order valence-electron chi connectivity index (χ2n) is 7.15. The maximum atomic E-state index is 12.2. The SMILES string of the molecule is CCCCCCC(=O)NCC1CCC(Cl)c2ccc3ccccc3c21. The van der Waals surface area contributed by atoms with Gasteiger partial charge in [-0.25, -0.2) is 0 Å². The van der Waals surface area contributed by atoms with E-state index >= 15 is 0 Å². The van der Waals surface area contributed by atoms with E-state index in [-0.39, 0.29) is 11.3 Å². The third-order valence-electron chi connectivity index (χ3n) is 5.32. The van der Waals surface area contributed by atoms with Crippen LogP contribution in [0.1, 0.15) is 74.3 Å². The van der Waals surface area contributed by atoms with Crippen LogP contribution in [0.5, 0.6) is 0 Å². The number of amides is 1. The highest BCUT2D eigenvalue weighted by Crippen LogP contribution is 2.43. The summed E-state index contributed by atoms with van der Waals surface area (Å²) in [4.78, 5) is 12.2. The summed E-state index contributed by atoms with van der Waals surface area (Å²) < 4.78 is 0. The zero-order valence-corrected chi connectivity index (χ0v) is 15.8. The van der Waals surface area contributed by atoms with E-state index in [2.05, 4.69) is 48.6 Å². The molecule has 3 heteroatoms. The highest BCUT2D eigenvalue weighted by molar-refractivity contribution is 6.21. The molecule has 0 heterocycles. The highest BCUT2D eigenvalue weighted by atomic mass is 35.5. The summed E-state index contributed by atoms with van der Waals surface area (Å²) in [6.45, 7) is 2.91. The largest absolute Gasteiger partial charge is 0.355 e. The van der Waals surface area contributed by atoms with Gasteiger partial charge < -0.3 is 5.32 Å². The number of carbonyl (C=O) groups excluding carboxylic acids is 1. The van der Waals surface area contributed by atoms with E-state index in [0.29, 0.717) is 12.3 Å². The topological polar surface area (TPSA) is 29.1 Å². The first-order valence-corrected chi connectivity index (χ1v) is 10.1. The van der Waals surface area contributed by atoms with E-state index in [9.17, 15) is 4.79 Å². The molecule has 0 bridgehead atoms. The molecule has 3 rings (SSSR count). The molecule has 0 spiro atoms. The van der Waals surface area contributed by atoms with E-state index in [0.717, 1.165) is 32.2 Å². The van der Waals surface area contributed by atoms with E-state index in [4.69, 9.17) is 11.6 Å². The van der Waals surface area contributed by atoms with Crippen molar-refractivity contribution in [1.29, 1.82) is 0 Å². The van der Waals surface area contributed by atoms with Gasteiger partial charge in [-0.15, -0.1) is 11.6 Å². The number of halogens is 1. The van der Waals surface area contributed by atoms with Gasteiger partial charge in [0.05, 0.1) is 5.38 Å². The van der Waals surface area contributed by atoms with E-state index in [1.165, 1.54) is 34.7 Å². The Balaban J connectivity index is 1.71. The number of fused-ring (bicyclic) bond motifs is 3. The lowest BCUT2D eigenvalue weighted by molar-refractivity contribution is -0.121. The summed E-state index contributed by atoms with van der Waals surface area (Å²) in [5, 5.41) is 5.79. The lowest BCUT2D eigenvalue weighted by Crippen LogP contribution is -2.30. The van der Waals surface area contributed by atoms with Gasteiger partial charge in [-0.3, -0.25) is 4.79 Å². The zero-order valence-electron chi connectivity index (χ0n) is 15.1. The molecule has 1 aliphatic rings. The molecule has 2 aromatic rings. The third-order valence-corrected chi connectivity index (χ3v) is 5.78. The van der Waals surface area contributed by atoms with Crippen molar-refractivity contribution in [3.8, 4) is 0 Å². The second kappa shape index (κ2) is 8.71. The maximum absolute atomic E-state index is 12.2. The molecule has 0 fully saturated rings. The molecule has 0 aromatic heterocycles. The quantitative estimate of drug-likeness (QED) is 0.472. The van der Waals surface area contributed by atoms with Crippen LogP contribution in [0.15, 0.2) is 36.4 Å². The number of hydrogen-bond acceptors (Lipinski definition) is 1. The van der Waals surface area contributed by atoms with Crippen LogP contribution in [0.4, 0.5) is 0 Å². The third kappa shape index (κ3) is 4.36. The Labute approximate surface area is 156 Å². The van der Waals surface area contributed by atoms with Crippen molar-refractivity contribution in [2.24, 2.45) is 0 Å². The Kier molecular flexibility index (Phi) is 6.36. The average molecular weight is 358 g/mol. The second-order valence-corrected chi connectivity index (χ2v) is 7.67. The molecule has 0 saturated carbocycles. The van der Waals surface area contributed by atoms with Gasteiger partial charge >= 0.3 is 0 Å². The van der Waals surface area contributed by atoms with Gasteiger partial charge in [0.15, 0.2) is 0 Å². The van der Waals surface area contributed by atoms with Crippen molar-refractivity contribution >= 4 is 28.3 Å². The smallest absolute Gasteiger partial charge is 0.220 e. The Morgan fingerprint density at radius 1 is 1.12 bits per heavy atom. The van der Waals surface area contributed by atoms with Gasteiger partial charge in [-0.05, 0) is 41.2 Å². The van der Waals surface area contributed by atoms with Gasteiger partial charge in [0.1, 0.15) is 0 Å². The molecule has 0 saturated heterocycles. The minimum atomic E-state index is 0.0839. The Morgan fingerprint density at radius 3 is 2.80 bits per heavy atom. The summed E-state index contributed by atoms with van der Waals surface area (Å²) in [6, 6.07) is 12.8. The van der Waals surface area contributed by atoms with Crippen LogP contribution in [0, 0.1) is 0 Å². The summed E-state index contributed by atoms with van der Waals surface area (Å²) in [7, 11) is 0. The van der Waals surface area contributed by atoms with Crippen LogP contribution in [0.25, 0.3) is 10.8 Å². The molecule has 134 valence electrons. The van der Waals surface area contributed by atoms with E-state index in [1.807, 2.05) is 0 Å². The van der Waals surface area contributed by atoms with Crippen molar-refractivity contribution in [2.45, 2.75) is 63.2 Å². The number of nitrogens with one attached hydrogen (secondary N) is 1. The van der Waals surface area contributed by atoms with Crippen molar-refractivity contribution in [2.75, 3.05) is 6.54 Å². The normalized spacial score (nSPS) is 19.6. The van der Waals surface area contributed by atoms with E-state index in [1.54, 1.807) is 0 Å². The van der Waals surface area contributed by atoms with Gasteiger partial charge in [0, 0.05) is 18.9 Å². The predicted octanol–water partition coefficient (Wildman–Crippen LogP) is 6.08. The summed E-state index contributed by atoms with van der Waals surface area (Å²) in [5.41, 5.74) is 2.59. The van der Waals surface area contributed by atoms with Crippen LogP contribution in [-0.2, 0) is 4.79 Å². The minimum Gasteiger partial charge on any atom is -0.355 e. The molecule has 1 aliphatic carbocycles. The summed E-state index contributed by atoms with van der Waals surface area (Å²) in [6.07, 6.45) is 7.21. The minimum absolute atomic E-state index is 0.0839. The van der Waals surface area contributed by atoms with Crippen LogP contribution < -0.4 is 5.32 Å². The number of carbonyl (C=O) groups is 1. The molecule has 2 unspecified atom stereocenters. The summed E-state index contributed by atoms with van der Waals surface area (Å²) in [5.74, 6) is 0.543. The first-order chi connectivity index (χ1) is 12.2. The first kappa shape index (κ1) is 18.3. The van der Waals surface area contributed by atoms with Crippen molar-refractivity contribution in [3.05, 3.63) is 47.5 Å². The highest BCUT2D eigenvalue weighted by Gasteiger charge is 2.27. The van der Waals surface area contributed by atoms with Crippen LogP contribution >= 0.6 is 11.6 Å². The van der Waals surface area contributed by atoms with Crippen molar-refractivity contribution in [3.63, 3.8) is 0 Å². The molecule has 2 atom stereocenters. The molecule has 0 aliphatic heterocycles. The van der Waals surface area contributed by atoms with Crippen LogP contribution in [0.2, 0.25) is 0 Å². The van der Waals surface area contributed by atoms with Crippen molar-refractivity contribution in [1.82, 2.24) is 5.32 Å². The number of rotatable bonds is 7. The molecule has 1 amide bonds. The lowest BCUT2D eigenvalue weighted by Gasteiger charge is -2.30. The van der Waals surface area contributed by atoms with Crippen molar-refractivity contribution < 1.29 is 4.79 Å². The fourth-order valence-electron chi connectivity index (χ4n) is 3.93. The molecule has 2 nitrogen and oxygen atoms in total. The van der Waals surface area contributed by atoms with E-state index < -0.39 is 0 Å². The lowest BCUT2D eigenvalue weighted by atomic mass is 9.79. The first-order valence-electron chi connectivity index (χ1n) is 9.63. The molecular formula is C22H28ClNO. The molecule has 2 aromatic carbocycles.